The van der Waals surface area contributed by atoms with E-state index in [0.717, 1.165) is 26.1 Å². The molecular weight excluding hydrogens is 234 g/mol. The van der Waals surface area contributed by atoms with Crippen molar-refractivity contribution in [3.8, 4) is 5.75 Å². The molecule has 1 heterocycles. The van der Waals surface area contributed by atoms with Crippen LogP contribution in [0.3, 0.4) is 0 Å². The van der Waals surface area contributed by atoms with Gasteiger partial charge in [0.05, 0.1) is 6.61 Å². The van der Waals surface area contributed by atoms with Gasteiger partial charge in [-0.1, -0.05) is 18.2 Å². The average Bonchev–Trinajstić information content (AvgIpc) is 2.49. The normalized spacial score (nSPS) is 18.7. The van der Waals surface area contributed by atoms with Crippen LogP contribution in [0.5, 0.6) is 5.75 Å². The Bertz CT molecular complexity index is 490. The average molecular weight is 257 g/mol. The molecule has 1 aliphatic carbocycles. The summed E-state index contributed by atoms with van der Waals surface area (Å²) in [4.78, 5) is 0. The minimum Gasteiger partial charge on any atom is -0.493 e. The van der Waals surface area contributed by atoms with Crippen LogP contribution < -0.4 is 10.1 Å². The molecule has 0 spiro atoms. The Morgan fingerprint density at radius 1 is 1.16 bits per heavy atom. The van der Waals surface area contributed by atoms with E-state index in [0.29, 0.717) is 0 Å². The van der Waals surface area contributed by atoms with E-state index in [2.05, 4.69) is 30.4 Å². The van der Waals surface area contributed by atoms with Crippen LogP contribution in [0.4, 0.5) is 0 Å². The minimum absolute atomic E-state index is 0.759. The van der Waals surface area contributed by atoms with Gasteiger partial charge in [0.2, 0.25) is 0 Å². The fourth-order valence-corrected chi connectivity index (χ4v) is 3.22. The van der Waals surface area contributed by atoms with Crippen LogP contribution in [0, 0.1) is 0 Å². The van der Waals surface area contributed by atoms with Crippen LogP contribution in [0.2, 0.25) is 0 Å². The highest BCUT2D eigenvalue weighted by Crippen LogP contribution is 2.37. The van der Waals surface area contributed by atoms with Gasteiger partial charge in [-0.2, -0.15) is 0 Å². The van der Waals surface area contributed by atoms with Crippen molar-refractivity contribution in [3.63, 3.8) is 0 Å². The van der Waals surface area contributed by atoms with Gasteiger partial charge in [0.25, 0.3) is 0 Å². The number of benzene rings is 1. The summed E-state index contributed by atoms with van der Waals surface area (Å²) >= 11 is 0. The molecule has 2 heteroatoms. The zero-order valence-corrected chi connectivity index (χ0v) is 11.8. The highest BCUT2D eigenvalue weighted by Gasteiger charge is 2.19. The highest BCUT2D eigenvalue weighted by molar-refractivity contribution is 5.73. The van der Waals surface area contributed by atoms with Gasteiger partial charge in [0, 0.05) is 12.1 Å². The lowest BCUT2D eigenvalue weighted by Gasteiger charge is -2.24. The van der Waals surface area contributed by atoms with Crippen molar-refractivity contribution >= 4 is 5.57 Å². The number of hydrogen-bond acceptors (Lipinski definition) is 2. The molecule has 1 N–H and O–H groups in total. The van der Waals surface area contributed by atoms with Crippen LogP contribution >= 0.6 is 0 Å². The Morgan fingerprint density at radius 2 is 2.05 bits per heavy atom. The molecule has 0 saturated carbocycles. The minimum atomic E-state index is 0.759. The lowest BCUT2D eigenvalue weighted by atomic mass is 9.87. The highest BCUT2D eigenvalue weighted by atomic mass is 16.5. The quantitative estimate of drug-likeness (QED) is 0.896. The number of rotatable bonds is 3. The van der Waals surface area contributed by atoms with Gasteiger partial charge in [0.1, 0.15) is 5.75 Å². The summed E-state index contributed by atoms with van der Waals surface area (Å²) in [5.41, 5.74) is 5.78. The van der Waals surface area contributed by atoms with E-state index in [1.165, 1.54) is 53.7 Å². The second kappa shape index (κ2) is 5.79. The molecule has 0 amide bonds. The van der Waals surface area contributed by atoms with Crippen molar-refractivity contribution < 1.29 is 4.74 Å². The largest absolute Gasteiger partial charge is 0.493 e. The fourth-order valence-electron chi connectivity index (χ4n) is 3.22. The van der Waals surface area contributed by atoms with Gasteiger partial charge in [-0.3, -0.25) is 0 Å². The molecule has 0 unspecified atom stereocenters. The van der Waals surface area contributed by atoms with Crippen molar-refractivity contribution in [3.05, 3.63) is 34.9 Å². The molecule has 0 saturated heterocycles. The Labute approximate surface area is 115 Å². The number of aryl methyl sites for hydroxylation is 1. The smallest absolute Gasteiger partial charge is 0.130 e. The summed E-state index contributed by atoms with van der Waals surface area (Å²) in [6.45, 7) is 4.91. The molecule has 2 nitrogen and oxygen atoms in total. The van der Waals surface area contributed by atoms with E-state index < -0.39 is 0 Å². The van der Waals surface area contributed by atoms with Crippen molar-refractivity contribution in [2.75, 3.05) is 19.7 Å². The summed E-state index contributed by atoms with van der Waals surface area (Å²) < 4.78 is 6.03. The summed E-state index contributed by atoms with van der Waals surface area (Å²) in [5.74, 6) is 1.17. The zero-order chi connectivity index (χ0) is 13.1. The van der Waals surface area contributed by atoms with E-state index >= 15 is 0 Å². The molecule has 19 heavy (non-hydrogen) atoms. The first-order valence-electron chi connectivity index (χ1n) is 7.58. The molecule has 0 fully saturated rings. The fraction of sp³-hybridized carbons (Fsp3) is 0.529. The van der Waals surface area contributed by atoms with Gasteiger partial charge < -0.3 is 10.1 Å². The third-order valence-electron chi connectivity index (χ3n) is 4.18. The van der Waals surface area contributed by atoms with E-state index in [9.17, 15) is 0 Å². The number of fused-ring (bicyclic) bond motifs is 1. The first kappa shape index (κ1) is 12.7. The maximum Gasteiger partial charge on any atom is 0.130 e. The molecule has 1 aromatic rings. The third kappa shape index (κ3) is 2.55. The molecule has 3 rings (SSSR count). The van der Waals surface area contributed by atoms with Crippen LogP contribution in [0.25, 0.3) is 5.57 Å². The van der Waals surface area contributed by atoms with Crippen LogP contribution in [0.1, 0.15) is 42.9 Å². The SMILES string of the molecule is CCOc1c(C2=CCNCC2)ccc2c1CCCC2. The molecule has 0 atom stereocenters. The maximum absolute atomic E-state index is 6.03. The third-order valence-corrected chi connectivity index (χ3v) is 4.18. The van der Waals surface area contributed by atoms with Crippen molar-refractivity contribution in [1.29, 1.82) is 0 Å². The number of nitrogens with one attached hydrogen (secondary N) is 1. The summed E-state index contributed by atoms with van der Waals surface area (Å²) in [6, 6.07) is 4.61. The van der Waals surface area contributed by atoms with Gasteiger partial charge in [-0.15, -0.1) is 0 Å². The van der Waals surface area contributed by atoms with Crippen molar-refractivity contribution in [1.82, 2.24) is 5.32 Å². The molecule has 1 aromatic carbocycles. The van der Waals surface area contributed by atoms with Crippen molar-refractivity contribution in [2.45, 2.75) is 39.0 Å². The summed E-state index contributed by atoms with van der Waals surface area (Å²) in [7, 11) is 0. The molecule has 102 valence electrons. The van der Waals surface area contributed by atoms with E-state index in [-0.39, 0.29) is 0 Å². The van der Waals surface area contributed by atoms with Crippen LogP contribution in [-0.4, -0.2) is 19.7 Å². The molecule has 0 radical (unpaired) electrons. The van der Waals surface area contributed by atoms with Crippen molar-refractivity contribution in [2.24, 2.45) is 0 Å². The second-order valence-electron chi connectivity index (χ2n) is 5.40. The molecule has 2 aliphatic rings. The van der Waals surface area contributed by atoms with Gasteiger partial charge in [-0.05, 0) is 62.3 Å². The Hall–Kier alpha value is -1.28. The Balaban J connectivity index is 2.05. The summed E-state index contributed by atoms with van der Waals surface area (Å²) in [5, 5.41) is 3.38. The molecular formula is C17H23NO. The molecule has 0 bridgehead atoms. The first-order chi connectivity index (χ1) is 9.40. The predicted molar refractivity (Wildman–Crippen MR) is 79.7 cm³/mol. The van der Waals surface area contributed by atoms with Gasteiger partial charge >= 0.3 is 0 Å². The van der Waals surface area contributed by atoms with Crippen LogP contribution in [-0.2, 0) is 12.8 Å². The van der Waals surface area contributed by atoms with E-state index in [1.54, 1.807) is 0 Å². The predicted octanol–water partition coefficient (Wildman–Crippen LogP) is 3.34. The van der Waals surface area contributed by atoms with Gasteiger partial charge in [0.15, 0.2) is 0 Å². The lowest BCUT2D eigenvalue weighted by molar-refractivity contribution is 0.333. The van der Waals surface area contributed by atoms with Gasteiger partial charge in [-0.25, -0.2) is 0 Å². The van der Waals surface area contributed by atoms with E-state index in [4.69, 9.17) is 4.74 Å². The second-order valence-corrected chi connectivity index (χ2v) is 5.40. The monoisotopic (exact) mass is 257 g/mol. The zero-order valence-electron chi connectivity index (χ0n) is 11.8. The molecule has 1 aliphatic heterocycles. The maximum atomic E-state index is 6.03. The molecule has 0 aromatic heterocycles. The Kier molecular flexibility index (Phi) is 3.88. The lowest BCUT2D eigenvalue weighted by Crippen LogP contribution is -2.20. The number of hydrogen-bond donors (Lipinski definition) is 1. The first-order valence-corrected chi connectivity index (χ1v) is 7.58. The Morgan fingerprint density at radius 3 is 2.84 bits per heavy atom. The summed E-state index contributed by atoms with van der Waals surface area (Å²) in [6.07, 6.45) is 8.46. The topological polar surface area (TPSA) is 21.3 Å². The standard InChI is InChI=1S/C17H23NO/c1-2-19-17-15-6-4-3-5-13(15)7-8-16(17)14-9-11-18-12-10-14/h7-9,18H,2-6,10-12H2,1H3. The number of ether oxygens (including phenoxy) is 1. The van der Waals surface area contributed by atoms with Crippen LogP contribution in [0.15, 0.2) is 18.2 Å². The van der Waals surface area contributed by atoms with E-state index in [1.807, 2.05) is 0 Å².